The summed E-state index contributed by atoms with van der Waals surface area (Å²) in [6.45, 7) is 6.38. The molecule has 2 N–H and O–H groups in total. The Bertz CT molecular complexity index is 834. The average Bonchev–Trinajstić information content (AvgIpc) is 2.57. The number of aryl methyl sites for hydroxylation is 1. The number of nitrogens with one attached hydrogen (secondary N) is 1. The third-order valence-electron chi connectivity index (χ3n) is 4.90. The summed E-state index contributed by atoms with van der Waals surface area (Å²) >= 11 is 0. The number of fused-ring (bicyclic) bond motifs is 1. The second-order valence-corrected chi connectivity index (χ2v) is 6.68. The number of phenolic OH excluding ortho intramolecular Hbond substituents is 1. The van der Waals surface area contributed by atoms with Crippen LogP contribution in [0.5, 0.6) is 5.75 Å². The molecule has 0 aliphatic carbocycles. The van der Waals surface area contributed by atoms with Crippen molar-refractivity contribution in [3.63, 3.8) is 0 Å². The lowest BCUT2D eigenvalue weighted by atomic mass is 9.96. The highest BCUT2D eigenvalue weighted by molar-refractivity contribution is 5.82. The molecule has 3 rings (SSSR count). The molecule has 0 bridgehead atoms. The van der Waals surface area contributed by atoms with E-state index in [2.05, 4.69) is 0 Å². The predicted octanol–water partition coefficient (Wildman–Crippen LogP) is 1.17. The number of hydrogen-bond acceptors (Lipinski definition) is 5. The van der Waals surface area contributed by atoms with Crippen LogP contribution in [0.4, 0.5) is 0 Å². The summed E-state index contributed by atoms with van der Waals surface area (Å²) in [6.07, 6.45) is 1.58. The van der Waals surface area contributed by atoms with E-state index in [1.54, 1.807) is 19.1 Å². The number of likely N-dealkylation sites (tertiary alicyclic amines) is 1. The lowest BCUT2D eigenvalue weighted by molar-refractivity contribution is -0.919. The zero-order valence-corrected chi connectivity index (χ0v) is 14.6. The van der Waals surface area contributed by atoms with Gasteiger partial charge in [0.25, 0.3) is 0 Å². The number of aromatic hydroxyl groups is 1. The topological polar surface area (TPSA) is 81.2 Å². The van der Waals surface area contributed by atoms with Crippen molar-refractivity contribution in [3.8, 4) is 5.75 Å². The van der Waals surface area contributed by atoms with Crippen LogP contribution < -0.4 is 10.5 Å². The third-order valence-corrected chi connectivity index (χ3v) is 4.90. The Kier molecular flexibility index (Phi) is 5.08. The number of benzene rings is 1. The van der Waals surface area contributed by atoms with Gasteiger partial charge in [-0.2, -0.15) is 0 Å². The average molecular weight is 346 g/mol. The summed E-state index contributed by atoms with van der Waals surface area (Å²) in [5, 5.41) is 10.8. The van der Waals surface area contributed by atoms with Crippen LogP contribution in [0.25, 0.3) is 11.0 Å². The first-order chi connectivity index (χ1) is 12.0. The zero-order chi connectivity index (χ0) is 18.0. The second kappa shape index (κ2) is 7.27. The van der Waals surface area contributed by atoms with Crippen molar-refractivity contribution >= 4 is 16.9 Å². The summed E-state index contributed by atoms with van der Waals surface area (Å²) in [5.41, 5.74) is 1.66. The first-order valence-electron chi connectivity index (χ1n) is 8.74. The van der Waals surface area contributed by atoms with Crippen molar-refractivity contribution in [1.82, 2.24) is 0 Å². The zero-order valence-electron chi connectivity index (χ0n) is 14.6. The number of esters is 1. The fourth-order valence-electron chi connectivity index (χ4n) is 3.48. The minimum Gasteiger partial charge on any atom is -0.508 e. The maximum absolute atomic E-state index is 11.9. The SMILES string of the molecule is CCOC(=O)C1CC[NH+](Cc2cc(=O)oc3cc(C)c(O)cc23)CC1. The summed E-state index contributed by atoms with van der Waals surface area (Å²) in [4.78, 5) is 25.0. The molecule has 2 heterocycles. The van der Waals surface area contributed by atoms with E-state index in [1.807, 2.05) is 6.92 Å². The van der Waals surface area contributed by atoms with Gasteiger partial charge in [0.1, 0.15) is 17.9 Å². The fraction of sp³-hybridized carbons (Fsp3) is 0.474. The largest absolute Gasteiger partial charge is 0.508 e. The van der Waals surface area contributed by atoms with Crippen molar-refractivity contribution in [2.75, 3.05) is 19.7 Å². The fourth-order valence-corrected chi connectivity index (χ4v) is 3.48. The number of hydrogen-bond donors (Lipinski definition) is 2. The normalized spacial score (nSPS) is 20.6. The molecule has 1 aliphatic heterocycles. The molecule has 1 saturated heterocycles. The molecule has 0 spiro atoms. The molecule has 6 nitrogen and oxygen atoms in total. The first kappa shape index (κ1) is 17.5. The van der Waals surface area contributed by atoms with Gasteiger partial charge in [-0.3, -0.25) is 4.79 Å². The van der Waals surface area contributed by atoms with Crippen molar-refractivity contribution in [2.45, 2.75) is 33.2 Å². The molecule has 0 amide bonds. The Morgan fingerprint density at radius 2 is 2.04 bits per heavy atom. The lowest BCUT2D eigenvalue weighted by Crippen LogP contribution is -3.11. The Morgan fingerprint density at radius 1 is 1.32 bits per heavy atom. The van der Waals surface area contributed by atoms with Crippen molar-refractivity contribution in [1.29, 1.82) is 0 Å². The molecule has 6 heteroatoms. The molecule has 0 unspecified atom stereocenters. The van der Waals surface area contributed by atoms with Crippen LogP contribution in [-0.2, 0) is 16.1 Å². The van der Waals surface area contributed by atoms with Crippen molar-refractivity contribution in [3.05, 3.63) is 39.7 Å². The molecule has 1 aromatic carbocycles. The van der Waals surface area contributed by atoms with Gasteiger partial charge in [-0.15, -0.1) is 0 Å². The van der Waals surface area contributed by atoms with E-state index in [0.717, 1.165) is 36.9 Å². The van der Waals surface area contributed by atoms with E-state index in [1.165, 1.54) is 11.0 Å². The lowest BCUT2D eigenvalue weighted by Gasteiger charge is -2.28. The van der Waals surface area contributed by atoms with E-state index < -0.39 is 0 Å². The van der Waals surface area contributed by atoms with Crippen LogP contribution >= 0.6 is 0 Å². The molecule has 1 aromatic heterocycles. The maximum Gasteiger partial charge on any atom is 0.336 e. The maximum atomic E-state index is 11.9. The van der Waals surface area contributed by atoms with Crippen LogP contribution in [0, 0.1) is 12.8 Å². The van der Waals surface area contributed by atoms with Gasteiger partial charge >= 0.3 is 11.6 Å². The molecular weight excluding hydrogens is 322 g/mol. The summed E-state index contributed by atoms with van der Waals surface area (Å²) < 4.78 is 10.4. The van der Waals surface area contributed by atoms with Crippen LogP contribution in [0.3, 0.4) is 0 Å². The summed E-state index contributed by atoms with van der Waals surface area (Å²) in [6, 6.07) is 4.85. The van der Waals surface area contributed by atoms with Crippen molar-refractivity contribution in [2.24, 2.45) is 5.92 Å². The molecule has 25 heavy (non-hydrogen) atoms. The highest BCUT2D eigenvalue weighted by Crippen LogP contribution is 2.25. The number of piperidine rings is 1. The number of phenols is 1. The van der Waals surface area contributed by atoms with Gasteiger partial charge in [0.05, 0.1) is 25.6 Å². The number of quaternary nitrogens is 1. The Balaban J connectivity index is 1.77. The molecule has 2 aromatic rings. The minimum atomic E-state index is -0.381. The van der Waals surface area contributed by atoms with Crippen molar-refractivity contribution < 1.29 is 24.0 Å². The summed E-state index contributed by atoms with van der Waals surface area (Å²) in [5.74, 6) is 0.0688. The van der Waals surface area contributed by atoms with E-state index in [0.29, 0.717) is 24.3 Å². The molecule has 0 atom stereocenters. The third kappa shape index (κ3) is 3.85. The smallest absolute Gasteiger partial charge is 0.336 e. The van der Waals surface area contributed by atoms with Gasteiger partial charge in [0.2, 0.25) is 0 Å². The Hall–Kier alpha value is -2.34. The number of ether oxygens (including phenoxy) is 1. The monoisotopic (exact) mass is 346 g/mol. The minimum absolute atomic E-state index is 0.0204. The highest BCUT2D eigenvalue weighted by atomic mass is 16.5. The molecule has 134 valence electrons. The number of carbonyl (C=O) groups is 1. The van der Waals surface area contributed by atoms with Gasteiger partial charge < -0.3 is 19.2 Å². The van der Waals surface area contributed by atoms with Crippen LogP contribution in [0.2, 0.25) is 0 Å². The number of rotatable bonds is 4. The molecule has 1 fully saturated rings. The second-order valence-electron chi connectivity index (χ2n) is 6.68. The molecular formula is C19H24NO5+. The standard InChI is InChI=1S/C19H23NO5/c1-3-24-19(23)13-4-6-20(7-5-13)11-14-9-18(22)25-17-8-12(2)16(21)10-15(14)17/h8-10,13,21H,3-7,11H2,1-2H3/p+1. The van der Waals surface area contributed by atoms with Gasteiger partial charge in [0.15, 0.2) is 0 Å². The van der Waals surface area contributed by atoms with Crippen LogP contribution in [0.15, 0.2) is 27.4 Å². The Labute approximate surface area is 146 Å². The Morgan fingerprint density at radius 3 is 2.72 bits per heavy atom. The number of carbonyl (C=O) groups excluding carboxylic acids is 1. The van der Waals surface area contributed by atoms with E-state index in [9.17, 15) is 14.7 Å². The van der Waals surface area contributed by atoms with Crippen LogP contribution in [0.1, 0.15) is 30.9 Å². The summed E-state index contributed by atoms with van der Waals surface area (Å²) in [7, 11) is 0. The molecule has 0 saturated carbocycles. The van der Waals surface area contributed by atoms with E-state index >= 15 is 0 Å². The predicted molar refractivity (Wildman–Crippen MR) is 92.6 cm³/mol. The quantitative estimate of drug-likeness (QED) is 0.641. The van der Waals surface area contributed by atoms with E-state index in [4.69, 9.17) is 9.15 Å². The molecule has 1 aliphatic rings. The van der Waals surface area contributed by atoms with Gasteiger partial charge in [0, 0.05) is 29.9 Å². The molecule has 0 radical (unpaired) electrons. The van der Waals surface area contributed by atoms with Gasteiger partial charge in [-0.1, -0.05) is 0 Å². The van der Waals surface area contributed by atoms with Gasteiger partial charge in [-0.05, 0) is 31.5 Å². The van der Waals surface area contributed by atoms with Gasteiger partial charge in [-0.25, -0.2) is 4.79 Å². The van der Waals surface area contributed by atoms with E-state index in [-0.39, 0.29) is 23.3 Å². The van der Waals surface area contributed by atoms with Crippen LogP contribution in [-0.4, -0.2) is 30.8 Å². The first-order valence-corrected chi connectivity index (χ1v) is 8.74. The highest BCUT2D eigenvalue weighted by Gasteiger charge is 2.28.